The quantitative estimate of drug-likeness (QED) is 0.472. The van der Waals surface area contributed by atoms with E-state index in [1.54, 1.807) is 0 Å². The van der Waals surface area contributed by atoms with Crippen LogP contribution in [-0.4, -0.2) is 18.0 Å². The van der Waals surface area contributed by atoms with E-state index in [0.717, 1.165) is 6.42 Å². The number of nitrogens with two attached hydrogens (primary N) is 1. The average Bonchev–Trinajstić information content (AvgIpc) is 2.37. The Bertz CT molecular complexity index is 609. The third-order valence-corrected chi connectivity index (χ3v) is 3.05. The van der Waals surface area contributed by atoms with Crippen molar-refractivity contribution in [1.82, 2.24) is 5.32 Å². The van der Waals surface area contributed by atoms with Crippen LogP contribution in [0.5, 0.6) is 0 Å². The van der Waals surface area contributed by atoms with Gasteiger partial charge in [-0.3, -0.25) is 4.99 Å². The summed E-state index contributed by atoms with van der Waals surface area (Å²) in [5.74, 6) is 0.512. The number of fused-ring (bicyclic) bond motifs is 1. The highest BCUT2D eigenvalue weighted by molar-refractivity contribution is 14.0. The maximum Gasteiger partial charge on any atom is 0.188 e. The predicted octanol–water partition coefficient (Wildman–Crippen LogP) is 3.70. The summed E-state index contributed by atoms with van der Waals surface area (Å²) < 4.78 is 0. The third kappa shape index (κ3) is 5.53. The maximum absolute atomic E-state index is 5.88. The Kier molecular flexibility index (Phi) is 6.45. The van der Waals surface area contributed by atoms with E-state index in [0.29, 0.717) is 12.5 Å². The first-order valence-electron chi connectivity index (χ1n) is 7.00. The number of guanidine groups is 1. The predicted molar refractivity (Wildman–Crippen MR) is 102 cm³/mol. The van der Waals surface area contributed by atoms with Gasteiger partial charge in [-0.25, -0.2) is 0 Å². The SMILES string of the molecule is CC(C)(C)NC(N)=NCCc1cccc2ccccc12.I. The number of hydrogen-bond acceptors (Lipinski definition) is 1. The summed E-state index contributed by atoms with van der Waals surface area (Å²) in [6.07, 6.45) is 0.897. The molecule has 0 saturated heterocycles. The molecule has 0 aromatic heterocycles. The number of nitrogens with one attached hydrogen (secondary N) is 1. The van der Waals surface area contributed by atoms with Gasteiger partial charge in [0.2, 0.25) is 0 Å². The van der Waals surface area contributed by atoms with Gasteiger partial charge in [-0.2, -0.15) is 0 Å². The van der Waals surface area contributed by atoms with Gasteiger partial charge in [0.15, 0.2) is 5.96 Å². The second-order valence-electron chi connectivity index (χ2n) is 6.03. The lowest BCUT2D eigenvalue weighted by Crippen LogP contribution is -2.45. The molecule has 0 atom stereocenters. The van der Waals surface area contributed by atoms with Crippen molar-refractivity contribution in [3.05, 3.63) is 48.0 Å². The van der Waals surface area contributed by atoms with E-state index in [1.807, 2.05) is 0 Å². The second-order valence-corrected chi connectivity index (χ2v) is 6.03. The first-order valence-corrected chi connectivity index (χ1v) is 7.00. The molecule has 2 aromatic carbocycles. The van der Waals surface area contributed by atoms with Gasteiger partial charge >= 0.3 is 0 Å². The largest absolute Gasteiger partial charge is 0.370 e. The fraction of sp³-hybridized carbons (Fsp3) is 0.353. The van der Waals surface area contributed by atoms with Gasteiger partial charge in [-0.1, -0.05) is 42.5 Å². The number of halogens is 1. The van der Waals surface area contributed by atoms with Crippen molar-refractivity contribution in [2.45, 2.75) is 32.7 Å². The molecule has 114 valence electrons. The third-order valence-electron chi connectivity index (χ3n) is 3.05. The van der Waals surface area contributed by atoms with Crippen LogP contribution in [0, 0.1) is 0 Å². The van der Waals surface area contributed by atoms with Crippen molar-refractivity contribution < 1.29 is 0 Å². The molecule has 0 radical (unpaired) electrons. The van der Waals surface area contributed by atoms with Gasteiger partial charge in [0.25, 0.3) is 0 Å². The van der Waals surface area contributed by atoms with E-state index in [2.05, 4.69) is 73.5 Å². The van der Waals surface area contributed by atoms with Crippen LogP contribution < -0.4 is 11.1 Å². The number of rotatable bonds is 3. The molecule has 0 aliphatic carbocycles. The lowest BCUT2D eigenvalue weighted by molar-refractivity contribution is 0.508. The molecule has 0 spiro atoms. The number of hydrogen-bond donors (Lipinski definition) is 2. The molecule has 0 aliphatic rings. The molecule has 2 rings (SSSR count). The highest BCUT2D eigenvalue weighted by atomic mass is 127. The summed E-state index contributed by atoms with van der Waals surface area (Å²) in [5.41, 5.74) is 7.14. The lowest BCUT2D eigenvalue weighted by Gasteiger charge is -2.21. The zero-order valence-corrected chi connectivity index (χ0v) is 15.2. The van der Waals surface area contributed by atoms with E-state index in [4.69, 9.17) is 5.73 Å². The molecule has 21 heavy (non-hydrogen) atoms. The molecule has 0 amide bonds. The highest BCUT2D eigenvalue weighted by Gasteiger charge is 2.09. The number of aliphatic imine (C=N–C) groups is 1. The molecule has 3 nitrogen and oxygen atoms in total. The average molecular weight is 397 g/mol. The molecule has 4 heteroatoms. The minimum absolute atomic E-state index is 0. The van der Waals surface area contributed by atoms with Gasteiger partial charge < -0.3 is 11.1 Å². The summed E-state index contributed by atoms with van der Waals surface area (Å²) in [6.45, 7) is 6.91. The molecule has 0 fully saturated rings. The Morgan fingerprint density at radius 1 is 1.10 bits per heavy atom. The molecule has 3 N–H and O–H groups in total. The van der Waals surface area contributed by atoms with Crippen molar-refractivity contribution in [2.75, 3.05) is 6.54 Å². The topological polar surface area (TPSA) is 50.4 Å². The van der Waals surface area contributed by atoms with Crippen LogP contribution in [0.2, 0.25) is 0 Å². The molecule has 0 heterocycles. The minimum Gasteiger partial charge on any atom is -0.370 e. The van der Waals surface area contributed by atoms with Crippen molar-refractivity contribution in [1.29, 1.82) is 0 Å². The summed E-state index contributed by atoms with van der Waals surface area (Å²) in [6, 6.07) is 14.8. The summed E-state index contributed by atoms with van der Waals surface area (Å²) in [5, 5.41) is 5.74. The normalized spacial score (nSPS) is 12.0. The fourth-order valence-corrected chi connectivity index (χ4v) is 2.23. The van der Waals surface area contributed by atoms with Crippen molar-refractivity contribution in [3.63, 3.8) is 0 Å². The Labute approximate surface area is 144 Å². The standard InChI is InChI=1S/C17H23N3.HI/c1-17(2,3)20-16(18)19-12-11-14-9-6-8-13-7-4-5-10-15(13)14;/h4-10H,11-12H2,1-3H3,(H3,18,19,20);1H. The van der Waals surface area contributed by atoms with Crippen LogP contribution in [0.1, 0.15) is 26.3 Å². The van der Waals surface area contributed by atoms with Crippen LogP contribution in [-0.2, 0) is 6.42 Å². The number of nitrogens with zero attached hydrogens (tertiary/aromatic N) is 1. The minimum atomic E-state index is -0.0486. The molecule has 0 bridgehead atoms. The maximum atomic E-state index is 5.88. The van der Waals surface area contributed by atoms with E-state index >= 15 is 0 Å². The van der Waals surface area contributed by atoms with Crippen LogP contribution in [0.25, 0.3) is 10.8 Å². The number of benzene rings is 2. The zero-order valence-electron chi connectivity index (χ0n) is 12.9. The summed E-state index contributed by atoms with van der Waals surface area (Å²) in [7, 11) is 0. The Hall–Kier alpha value is -1.30. The fourth-order valence-electron chi connectivity index (χ4n) is 2.23. The van der Waals surface area contributed by atoms with E-state index in [9.17, 15) is 0 Å². The van der Waals surface area contributed by atoms with Gasteiger partial charge in [-0.15, -0.1) is 24.0 Å². The molecule has 0 unspecified atom stereocenters. The van der Waals surface area contributed by atoms with Crippen LogP contribution >= 0.6 is 24.0 Å². The van der Waals surface area contributed by atoms with Crippen molar-refractivity contribution in [2.24, 2.45) is 10.7 Å². The smallest absolute Gasteiger partial charge is 0.188 e. The monoisotopic (exact) mass is 397 g/mol. The molecule has 0 aliphatic heterocycles. The van der Waals surface area contributed by atoms with Gasteiger partial charge in [0.1, 0.15) is 0 Å². The Balaban J connectivity index is 0.00000220. The Morgan fingerprint density at radius 3 is 2.48 bits per heavy atom. The van der Waals surface area contributed by atoms with Crippen LogP contribution in [0.3, 0.4) is 0 Å². The lowest BCUT2D eigenvalue weighted by atomic mass is 10.0. The molecular formula is C17H24IN3. The summed E-state index contributed by atoms with van der Waals surface area (Å²) >= 11 is 0. The second kappa shape index (κ2) is 7.64. The first kappa shape index (κ1) is 17.8. The van der Waals surface area contributed by atoms with E-state index in [-0.39, 0.29) is 29.5 Å². The zero-order chi connectivity index (χ0) is 14.6. The molecule has 2 aromatic rings. The summed E-state index contributed by atoms with van der Waals surface area (Å²) in [4.78, 5) is 4.39. The van der Waals surface area contributed by atoms with Crippen molar-refractivity contribution >= 4 is 40.7 Å². The van der Waals surface area contributed by atoms with Crippen LogP contribution in [0.4, 0.5) is 0 Å². The van der Waals surface area contributed by atoms with Crippen molar-refractivity contribution in [3.8, 4) is 0 Å². The first-order chi connectivity index (χ1) is 9.46. The van der Waals surface area contributed by atoms with Gasteiger partial charge in [0, 0.05) is 12.1 Å². The highest BCUT2D eigenvalue weighted by Crippen LogP contribution is 2.18. The van der Waals surface area contributed by atoms with Gasteiger partial charge in [0.05, 0.1) is 0 Å². The molecule has 0 saturated carbocycles. The van der Waals surface area contributed by atoms with Gasteiger partial charge in [-0.05, 0) is 43.5 Å². The Morgan fingerprint density at radius 2 is 1.76 bits per heavy atom. The van der Waals surface area contributed by atoms with E-state index < -0.39 is 0 Å². The van der Waals surface area contributed by atoms with Crippen LogP contribution in [0.15, 0.2) is 47.5 Å². The molecular weight excluding hydrogens is 373 g/mol. The van der Waals surface area contributed by atoms with E-state index in [1.165, 1.54) is 16.3 Å².